The predicted molar refractivity (Wildman–Crippen MR) is 104 cm³/mol. The molecule has 0 aliphatic carbocycles. The van der Waals surface area contributed by atoms with E-state index in [4.69, 9.17) is 11.6 Å². The van der Waals surface area contributed by atoms with E-state index in [1.165, 1.54) is 24.3 Å². The average molecular weight is 456 g/mol. The number of pyridine rings is 1. The molecule has 3 aromatic rings. The number of rotatable bonds is 6. The maximum absolute atomic E-state index is 12.6. The lowest BCUT2D eigenvalue weighted by Gasteiger charge is -2.14. The van der Waals surface area contributed by atoms with Crippen molar-refractivity contribution in [3.63, 3.8) is 0 Å². The number of hydrogen-bond acceptors (Lipinski definition) is 7. The van der Waals surface area contributed by atoms with Gasteiger partial charge in [0.15, 0.2) is 5.82 Å². The molecule has 1 unspecified atom stereocenters. The van der Waals surface area contributed by atoms with Crippen molar-refractivity contribution in [3.8, 4) is 5.82 Å². The zero-order chi connectivity index (χ0) is 22.8. The number of alkyl halides is 3. The lowest BCUT2D eigenvalue weighted by atomic mass is 10.1. The van der Waals surface area contributed by atoms with Gasteiger partial charge in [0, 0.05) is 24.9 Å². The summed E-state index contributed by atoms with van der Waals surface area (Å²) in [6.45, 7) is -0.0960. The Morgan fingerprint density at radius 3 is 2.42 bits per heavy atom. The molecule has 9 nitrogen and oxygen atoms in total. The van der Waals surface area contributed by atoms with Crippen LogP contribution in [-0.2, 0) is 6.18 Å². The van der Waals surface area contributed by atoms with Crippen LogP contribution in [0.5, 0.6) is 0 Å². The summed E-state index contributed by atoms with van der Waals surface area (Å²) < 4.78 is 38.7. The predicted octanol–water partition coefficient (Wildman–Crippen LogP) is 3.35. The molecule has 2 aromatic heterocycles. The second-order valence-electron chi connectivity index (χ2n) is 6.24. The van der Waals surface area contributed by atoms with Gasteiger partial charge in [-0.25, -0.2) is 4.98 Å². The molecule has 0 saturated heterocycles. The average Bonchev–Trinajstić information content (AvgIpc) is 2.74. The molecule has 3 rings (SSSR count). The summed E-state index contributed by atoms with van der Waals surface area (Å²) in [5.41, 5.74) is -1.46. The van der Waals surface area contributed by atoms with E-state index in [0.717, 1.165) is 23.0 Å². The number of nitro benzene ring substituents is 1. The summed E-state index contributed by atoms with van der Waals surface area (Å²) in [5, 5.41) is 27.2. The van der Waals surface area contributed by atoms with Gasteiger partial charge in [0.05, 0.1) is 28.5 Å². The fourth-order valence-corrected chi connectivity index (χ4v) is 2.74. The Kier molecular flexibility index (Phi) is 6.22. The largest absolute Gasteiger partial charge is 0.417 e. The van der Waals surface area contributed by atoms with Crippen LogP contribution in [0.3, 0.4) is 0 Å². The van der Waals surface area contributed by atoms with Crippen molar-refractivity contribution in [2.45, 2.75) is 12.3 Å². The molecular formula is C18H13ClF3N5O4. The SMILES string of the molecule is O=c1c(Cl)c(NCC(O)c2ccc([N+](=O)[O-])cc2)cnn1-c1ccc(C(F)(F)F)cn1. The minimum atomic E-state index is -4.57. The topological polar surface area (TPSA) is 123 Å². The molecule has 0 saturated carbocycles. The fourth-order valence-electron chi connectivity index (χ4n) is 2.54. The first kappa shape index (κ1) is 22.2. The quantitative estimate of drug-likeness (QED) is 0.431. The van der Waals surface area contributed by atoms with Gasteiger partial charge < -0.3 is 10.4 Å². The Morgan fingerprint density at radius 2 is 1.87 bits per heavy atom. The number of aliphatic hydroxyl groups is 1. The first-order valence-electron chi connectivity index (χ1n) is 8.55. The summed E-state index contributed by atoms with van der Waals surface area (Å²) in [5.74, 6) is -0.155. The van der Waals surface area contributed by atoms with Crippen molar-refractivity contribution in [3.05, 3.63) is 85.4 Å². The molecular weight excluding hydrogens is 443 g/mol. The van der Waals surface area contributed by atoms with Crippen LogP contribution < -0.4 is 10.9 Å². The van der Waals surface area contributed by atoms with E-state index in [-0.39, 0.29) is 28.8 Å². The lowest BCUT2D eigenvalue weighted by Crippen LogP contribution is -2.24. The Balaban J connectivity index is 1.74. The van der Waals surface area contributed by atoms with Gasteiger partial charge in [-0.15, -0.1) is 0 Å². The summed E-state index contributed by atoms with van der Waals surface area (Å²) in [7, 11) is 0. The van der Waals surface area contributed by atoms with Gasteiger partial charge in [-0.1, -0.05) is 11.6 Å². The molecule has 0 spiro atoms. The Morgan fingerprint density at radius 1 is 1.19 bits per heavy atom. The number of nitrogens with one attached hydrogen (secondary N) is 1. The van der Waals surface area contributed by atoms with Gasteiger partial charge in [-0.05, 0) is 29.8 Å². The molecule has 0 aliphatic heterocycles. The summed E-state index contributed by atoms with van der Waals surface area (Å²) in [6, 6.07) is 7.00. The molecule has 0 radical (unpaired) electrons. The van der Waals surface area contributed by atoms with Crippen LogP contribution in [0, 0.1) is 10.1 Å². The molecule has 2 N–H and O–H groups in total. The van der Waals surface area contributed by atoms with Crippen LogP contribution in [0.15, 0.2) is 53.6 Å². The normalized spacial score (nSPS) is 12.4. The molecule has 0 aliphatic rings. The van der Waals surface area contributed by atoms with Gasteiger partial charge >= 0.3 is 6.18 Å². The van der Waals surface area contributed by atoms with E-state index in [1.807, 2.05) is 0 Å². The highest BCUT2D eigenvalue weighted by Crippen LogP contribution is 2.28. The van der Waals surface area contributed by atoms with Crippen LogP contribution in [-0.4, -0.2) is 31.3 Å². The van der Waals surface area contributed by atoms with Crippen molar-refractivity contribution in [1.29, 1.82) is 0 Å². The first-order chi connectivity index (χ1) is 14.6. The van der Waals surface area contributed by atoms with Crippen LogP contribution in [0.1, 0.15) is 17.2 Å². The highest BCUT2D eigenvalue weighted by atomic mass is 35.5. The van der Waals surface area contributed by atoms with E-state index in [1.54, 1.807) is 0 Å². The molecule has 2 heterocycles. The van der Waals surface area contributed by atoms with Gasteiger partial charge in [0.2, 0.25) is 0 Å². The van der Waals surface area contributed by atoms with Gasteiger partial charge in [-0.3, -0.25) is 14.9 Å². The Hall–Kier alpha value is -3.51. The van der Waals surface area contributed by atoms with Gasteiger partial charge in [0.25, 0.3) is 11.2 Å². The number of benzene rings is 1. The zero-order valence-corrected chi connectivity index (χ0v) is 16.1. The molecule has 13 heteroatoms. The van der Waals surface area contributed by atoms with E-state index in [9.17, 15) is 33.2 Å². The van der Waals surface area contributed by atoms with Crippen LogP contribution >= 0.6 is 11.6 Å². The molecule has 162 valence electrons. The molecule has 1 atom stereocenters. The summed E-state index contributed by atoms with van der Waals surface area (Å²) in [4.78, 5) is 26.1. The van der Waals surface area contributed by atoms with E-state index < -0.39 is 28.3 Å². The fraction of sp³-hybridized carbons (Fsp3) is 0.167. The molecule has 1 aromatic carbocycles. The molecule has 31 heavy (non-hydrogen) atoms. The second-order valence-corrected chi connectivity index (χ2v) is 6.62. The monoisotopic (exact) mass is 455 g/mol. The molecule has 0 fully saturated rings. The Bertz CT molecular complexity index is 1150. The highest BCUT2D eigenvalue weighted by Gasteiger charge is 2.30. The number of aromatic nitrogens is 3. The minimum Gasteiger partial charge on any atom is -0.387 e. The Labute approximate surface area is 176 Å². The van der Waals surface area contributed by atoms with Crippen molar-refractivity contribution in [2.24, 2.45) is 0 Å². The number of non-ortho nitro benzene ring substituents is 1. The van der Waals surface area contributed by atoms with Crippen LogP contribution in [0.2, 0.25) is 5.02 Å². The number of aliphatic hydroxyl groups excluding tert-OH is 1. The molecule has 0 bridgehead atoms. The van der Waals surface area contributed by atoms with Crippen molar-refractivity contribution in [2.75, 3.05) is 11.9 Å². The van der Waals surface area contributed by atoms with E-state index in [0.29, 0.717) is 11.8 Å². The van der Waals surface area contributed by atoms with Crippen molar-refractivity contribution >= 4 is 23.0 Å². The summed E-state index contributed by atoms with van der Waals surface area (Å²) >= 11 is 6.04. The maximum atomic E-state index is 12.6. The van der Waals surface area contributed by atoms with E-state index >= 15 is 0 Å². The van der Waals surface area contributed by atoms with Crippen molar-refractivity contribution in [1.82, 2.24) is 14.8 Å². The molecule has 0 amide bonds. The number of nitrogens with zero attached hydrogens (tertiary/aromatic N) is 4. The number of halogens is 4. The van der Waals surface area contributed by atoms with Crippen LogP contribution in [0.4, 0.5) is 24.5 Å². The third-order valence-electron chi connectivity index (χ3n) is 4.19. The van der Waals surface area contributed by atoms with Crippen LogP contribution in [0.25, 0.3) is 5.82 Å². The standard InChI is InChI=1S/C18H13ClF3N5O4/c19-16-13(23-9-14(28)10-1-4-12(5-2-10)27(30)31)8-25-26(17(16)29)15-6-3-11(7-24-15)18(20,21)22/h1-8,14,23,28H,9H2. The number of anilines is 1. The minimum absolute atomic E-state index is 0.0794. The third-order valence-corrected chi connectivity index (χ3v) is 4.55. The zero-order valence-electron chi connectivity index (χ0n) is 15.4. The number of hydrogen-bond donors (Lipinski definition) is 2. The smallest absolute Gasteiger partial charge is 0.387 e. The van der Waals surface area contributed by atoms with Gasteiger partial charge in [0.1, 0.15) is 5.02 Å². The third kappa shape index (κ3) is 4.98. The summed E-state index contributed by atoms with van der Waals surface area (Å²) in [6.07, 6.45) is -3.91. The first-order valence-corrected chi connectivity index (χ1v) is 8.93. The van der Waals surface area contributed by atoms with Crippen molar-refractivity contribution < 1.29 is 23.2 Å². The lowest BCUT2D eigenvalue weighted by molar-refractivity contribution is -0.384. The van der Waals surface area contributed by atoms with E-state index in [2.05, 4.69) is 15.4 Å². The number of nitro groups is 1. The highest BCUT2D eigenvalue weighted by molar-refractivity contribution is 6.32. The maximum Gasteiger partial charge on any atom is 0.417 e. The van der Waals surface area contributed by atoms with Gasteiger partial charge in [-0.2, -0.15) is 23.0 Å². The second kappa shape index (κ2) is 8.70.